The third kappa shape index (κ3) is 2.40. The van der Waals surface area contributed by atoms with Gasteiger partial charge < -0.3 is 15.6 Å². The second-order valence-corrected chi connectivity index (χ2v) is 2.84. The van der Waals surface area contributed by atoms with E-state index >= 15 is 0 Å². The normalized spacial score (nSPS) is 12.6. The number of nitrogens with zero attached hydrogens (tertiary/aromatic N) is 1. The average molecular weight is 182 g/mol. The quantitative estimate of drug-likeness (QED) is 0.709. The topological polar surface area (TPSA) is 68.4 Å². The maximum atomic E-state index is 9.47. The van der Waals surface area contributed by atoms with Crippen LogP contribution in [0.25, 0.3) is 0 Å². The predicted octanol–water partition coefficient (Wildman–Crippen LogP) is 0.391. The zero-order chi connectivity index (χ0) is 9.84. The lowest BCUT2D eigenvalue weighted by molar-refractivity contribution is 0.186. The minimum Gasteiger partial charge on any atom is -0.481 e. The lowest BCUT2D eigenvalue weighted by Crippen LogP contribution is -2.12. The number of aromatic nitrogens is 1. The molecular weight excluding hydrogens is 168 g/mol. The number of hydrogen-bond acceptors (Lipinski definition) is 4. The minimum absolute atomic E-state index is 0.201. The highest BCUT2D eigenvalue weighted by atomic mass is 16.5. The molecule has 3 N–H and O–H groups in total. The smallest absolute Gasteiger partial charge is 0.213 e. The zero-order valence-electron chi connectivity index (χ0n) is 7.82. The van der Waals surface area contributed by atoms with Gasteiger partial charge in [-0.25, -0.2) is 4.98 Å². The van der Waals surface area contributed by atoms with E-state index in [4.69, 9.17) is 10.5 Å². The lowest BCUT2D eigenvalue weighted by Gasteiger charge is -2.09. The number of rotatable bonds is 3. The minimum atomic E-state index is -0.643. The van der Waals surface area contributed by atoms with Crippen LogP contribution in [0, 0.1) is 6.92 Å². The molecule has 0 aliphatic rings. The molecule has 0 unspecified atom stereocenters. The van der Waals surface area contributed by atoms with Gasteiger partial charge in [-0.2, -0.15) is 0 Å². The van der Waals surface area contributed by atoms with Crippen molar-refractivity contribution < 1.29 is 9.84 Å². The van der Waals surface area contributed by atoms with Gasteiger partial charge in [-0.1, -0.05) is 0 Å². The highest BCUT2D eigenvalue weighted by Gasteiger charge is 2.07. The molecule has 72 valence electrons. The number of nitrogens with two attached hydrogens (primary N) is 1. The summed E-state index contributed by atoms with van der Waals surface area (Å²) < 4.78 is 4.97. The van der Waals surface area contributed by atoms with Crippen molar-refractivity contribution in [1.82, 2.24) is 4.98 Å². The first kappa shape index (κ1) is 9.95. The fraction of sp³-hybridized carbons (Fsp3) is 0.444. The van der Waals surface area contributed by atoms with Crippen molar-refractivity contribution in [3.05, 3.63) is 23.4 Å². The second kappa shape index (κ2) is 4.20. The van der Waals surface area contributed by atoms with E-state index in [0.717, 1.165) is 11.3 Å². The molecule has 0 amide bonds. The summed E-state index contributed by atoms with van der Waals surface area (Å²) in [5, 5.41) is 9.47. The third-order valence-electron chi connectivity index (χ3n) is 1.77. The van der Waals surface area contributed by atoms with Gasteiger partial charge in [0.15, 0.2) is 0 Å². The van der Waals surface area contributed by atoms with Gasteiger partial charge in [0.2, 0.25) is 5.88 Å². The highest BCUT2D eigenvalue weighted by Crippen LogP contribution is 2.17. The van der Waals surface area contributed by atoms with Gasteiger partial charge in [0.05, 0.1) is 13.2 Å². The molecule has 1 aromatic rings. The summed E-state index contributed by atoms with van der Waals surface area (Å²) in [6.45, 7) is 2.04. The Morgan fingerprint density at radius 1 is 1.62 bits per heavy atom. The Morgan fingerprint density at radius 2 is 2.31 bits per heavy atom. The van der Waals surface area contributed by atoms with Crippen LogP contribution in [-0.4, -0.2) is 23.7 Å². The molecule has 0 bridgehead atoms. The Morgan fingerprint density at radius 3 is 2.85 bits per heavy atom. The van der Waals surface area contributed by atoms with Crippen LogP contribution in [-0.2, 0) is 0 Å². The van der Waals surface area contributed by atoms with E-state index in [9.17, 15) is 5.11 Å². The van der Waals surface area contributed by atoms with Crippen molar-refractivity contribution in [1.29, 1.82) is 0 Å². The summed E-state index contributed by atoms with van der Waals surface area (Å²) in [7, 11) is 1.54. The first-order valence-electron chi connectivity index (χ1n) is 4.08. The van der Waals surface area contributed by atoms with Crippen molar-refractivity contribution in [3.8, 4) is 5.88 Å². The molecule has 4 nitrogen and oxygen atoms in total. The van der Waals surface area contributed by atoms with Crippen LogP contribution in [0.15, 0.2) is 12.1 Å². The molecule has 0 aliphatic carbocycles. The summed E-state index contributed by atoms with van der Waals surface area (Å²) >= 11 is 0. The molecule has 0 radical (unpaired) electrons. The maximum absolute atomic E-state index is 9.47. The van der Waals surface area contributed by atoms with Gasteiger partial charge in [0.25, 0.3) is 0 Å². The van der Waals surface area contributed by atoms with Crippen molar-refractivity contribution >= 4 is 0 Å². The largest absolute Gasteiger partial charge is 0.481 e. The van der Waals surface area contributed by atoms with Crippen molar-refractivity contribution in [3.63, 3.8) is 0 Å². The van der Waals surface area contributed by atoms with Crippen LogP contribution >= 0.6 is 0 Å². The van der Waals surface area contributed by atoms with Gasteiger partial charge in [-0.3, -0.25) is 0 Å². The molecule has 13 heavy (non-hydrogen) atoms. The number of hydrogen-bond donors (Lipinski definition) is 2. The van der Waals surface area contributed by atoms with Gasteiger partial charge >= 0.3 is 0 Å². The van der Waals surface area contributed by atoms with E-state index < -0.39 is 6.10 Å². The molecule has 0 saturated carbocycles. The van der Waals surface area contributed by atoms with E-state index in [1.807, 2.05) is 6.92 Å². The van der Waals surface area contributed by atoms with E-state index in [1.54, 1.807) is 19.2 Å². The Hall–Kier alpha value is -1.13. The molecule has 0 spiro atoms. The number of ether oxygens (including phenoxy) is 1. The summed E-state index contributed by atoms with van der Waals surface area (Å²) in [5.74, 6) is 0.502. The Kier molecular flexibility index (Phi) is 3.22. The molecule has 0 fully saturated rings. The van der Waals surface area contributed by atoms with E-state index in [-0.39, 0.29) is 6.54 Å². The molecule has 1 rings (SSSR count). The monoisotopic (exact) mass is 182 g/mol. The standard InChI is InChI=1S/C9H14N2O2/c1-6-3-7(8(12)5-10)4-9(11-6)13-2/h3-4,8,12H,5,10H2,1-2H3/t8-/m0/s1. The predicted molar refractivity (Wildman–Crippen MR) is 49.5 cm³/mol. The van der Waals surface area contributed by atoms with Crippen molar-refractivity contribution in [2.75, 3.05) is 13.7 Å². The third-order valence-corrected chi connectivity index (χ3v) is 1.77. The fourth-order valence-corrected chi connectivity index (χ4v) is 1.10. The summed E-state index contributed by atoms with van der Waals surface area (Å²) in [6.07, 6.45) is -0.643. The first-order chi connectivity index (χ1) is 6.17. The summed E-state index contributed by atoms with van der Waals surface area (Å²) in [6, 6.07) is 3.48. The molecule has 1 heterocycles. The zero-order valence-corrected chi connectivity index (χ0v) is 7.82. The first-order valence-corrected chi connectivity index (χ1v) is 4.08. The van der Waals surface area contributed by atoms with Crippen LogP contribution in [0.4, 0.5) is 0 Å². The van der Waals surface area contributed by atoms with Crippen LogP contribution in [0.5, 0.6) is 5.88 Å². The maximum Gasteiger partial charge on any atom is 0.213 e. The Balaban J connectivity index is 3.01. The van der Waals surface area contributed by atoms with Crippen LogP contribution in [0.1, 0.15) is 17.4 Å². The number of aliphatic hydroxyl groups excluding tert-OH is 1. The van der Waals surface area contributed by atoms with Crippen LogP contribution in [0.3, 0.4) is 0 Å². The molecule has 0 saturated heterocycles. The summed E-state index contributed by atoms with van der Waals surface area (Å²) in [5.41, 5.74) is 6.88. The van der Waals surface area contributed by atoms with Gasteiger partial charge in [0, 0.05) is 18.3 Å². The number of methoxy groups -OCH3 is 1. The molecule has 1 aromatic heterocycles. The molecule has 0 aromatic carbocycles. The van der Waals surface area contributed by atoms with Crippen molar-refractivity contribution in [2.24, 2.45) is 5.73 Å². The molecule has 1 atom stereocenters. The van der Waals surface area contributed by atoms with E-state index in [2.05, 4.69) is 4.98 Å². The molecular formula is C9H14N2O2. The van der Waals surface area contributed by atoms with Gasteiger partial charge in [-0.05, 0) is 18.6 Å². The number of aryl methyl sites for hydroxylation is 1. The van der Waals surface area contributed by atoms with Crippen LogP contribution < -0.4 is 10.5 Å². The molecule has 0 aliphatic heterocycles. The highest BCUT2D eigenvalue weighted by molar-refractivity contribution is 5.26. The van der Waals surface area contributed by atoms with E-state index in [1.165, 1.54) is 0 Å². The van der Waals surface area contributed by atoms with Crippen molar-refractivity contribution in [2.45, 2.75) is 13.0 Å². The van der Waals surface area contributed by atoms with Crippen LogP contribution in [0.2, 0.25) is 0 Å². The number of pyridine rings is 1. The van der Waals surface area contributed by atoms with Gasteiger partial charge in [-0.15, -0.1) is 0 Å². The lowest BCUT2D eigenvalue weighted by atomic mass is 10.1. The van der Waals surface area contributed by atoms with E-state index in [0.29, 0.717) is 5.88 Å². The Bertz CT molecular complexity index is 289. The average Bonchev–Trinajstić information content (AvgIpc) is 2.15. The SMILES string of the molecule is COc1cc([C@@H](O)CN)cc(C)n1. The molecule has 4 heteroatoms. The van der Waals surface area contributed by atoms with Gasteiger partial charge in [0.1, 0.15) is 0 Å². The Labute approximate surface area is 77.4 Å². The number of aliphatic hydroxyl groups is 1. The fourth-order valence-electron chi connectivity index (χ4n) is 1.10. The second-order valence-electron chi connectivity index (χ2n) is 2.84. The summed E-state index contributed by atoms with van der Waals surface area (Å²) in [4.78, 5) is 4.09.